The lowest BCUT2D eigenvalue weighted by atomic mass is 9.75. The molecule has 3 heteroatoms. The molecule has 5 atom stereocenters. The molecule has 2 aliphatic carbocycles. The molecular weight excluding hydrogens is 300 g/mol. The lowest BCUT2D eigenvalue weighted by Gasteiger charge is -2.36. The van der Waals surface area contributed by atoms with E-state index in [1.54, 1.807) is 7.11 Å². The molecule has 0 amide bonds. The second-order valence-electron chi connectivity index (χ2n) is 8.02. The molecule has 132 valence electrons. The fourth-order valence-electron chi connectivity index (χ4n) is 4.16. The number of benzene rings is 1. The van der Waals surface area contributed by atoms with E-state index in [-0.39, 0.29) is 18.0 Å². The second-order valence-corrected chi connectivity index (χ2v) is 8.02. The largest absolute Gasteiger partial charge is 0.497 e. The van der Waals surface area contributed by atoms with Crippen LogP contribution in [0.5, 0.6) is 5.75 Å². The van der Waals surface area contributed by atoms with E-state index in [2.05, 4.69) is 32.9 Å². The van der Waals surface area contributed by atoms with Gasteiger partial charge in [0.25, 0.3) is 0 Å². The average molecular weight is 330 g/mol. The molecule has 0 N–H and O–H groups in total. The van der Waals surface area contributed by atoms with Crippen LogP contribution in [0.3, 0.4) is 0 Å². The quantitative estimate of drug-likeness (QED) is 0.727. The Kier molecular flexibility index (Phi) is 5.17. The van der Waals surface area contributed by atoms with Gasteiger partial charge in [0.1, 0.15) is 11.9 Å². The Hall–Kier alpha value is -1.51. The van der Waals surface area contributed by atoms with Gasteiger partial charge in [0.05, 0.1) is 13.0 Å². The number of esters is 1. The van der Waals surface area contributed by atoms with Gasteiger partial charge in [0.15, 0.2) is 0 Å². The van der Waals surface area contributed by atoms with Crippen LogP contribution >= 0.6 is 0 Å². The molecule has 0 aromatic heterocycles. The van der Waals surface area contributed by atoms with Crippen LogP contribution in [0.2, 0.25) is 0 Å². The molecule has 2 saturated carbocycles. The van der Waals surface area contributed by atoms with Crippen LogP contribution in [0.25, 0.3) is 0 Å². The summed E-state index contributed by atoms with van der Waals surface area (Å²) in [5.74, 6) is 2.99. The van der Waals surface area contributed by atoms with Crippen molar-refractivity contribution in [3.8, 4) is 5.75 Å². The van der Waals surface area contributed by atoms with Gasteiger partial charge in [-0.15, -0.1) is 0 Å². The van der Waals surface area contributed by atoms with Gasteiger partial charge >= 0.3 is 5.97 Å². The zero-order valence-electron chi connectivity index (χ0n) is 15.3. The van der Waals surface area contributed by atoms with E-state index in [1.165, 1.54) is 18.4 Å². The lowest BCUT2D eigenvalue weighted by molar-refractivity contribution is -0.157. The topological polar surface area (TPSA) is 35.5 Å². The van der Waals surface area contributed by atoms with Gasteiger partial charge in [0, 0.05) is 0 Å². The van der Waals surface area contributed by atoms with Gasteiger partial charge in [-0.2, -0.15) is 0 Å². The van der Waals surface area contributed by atoms with Crippen molar-refractivity contribution in [2.24, 2.45) is 23.7 Å². The van der Waals surface area contributed by atoms with Gasteiger partial charge in [-0.1, -0.05) is 39.3 Å². The van der Waals surface area contributed by atoms with Crippen molar-refractivity contribution in [3.63, 3.8) is 0 Å². The first-order valence-electron chi connectivity index (χ1n) is 9.34. The highest BCUT2D eigenvalue weighted by molar-refractivity contribution is 5.77. The molecule has 3 rings (SSSR count). The molecule has 0 heterocycles. The van der Waals surface area contributed by atoms with Crippen LogP contribution < -0.4 is 4.74 Å². The molecule has 0 aliphatic heterocycles. The van der Waals surface area contributed by atoms with Gasteiger partial charge in [0.2, 0.25) is 0 Å². The van der Waals surface area contributed by atoms with E-state index in [0.29, 0.717) is 23.7 Å². The van der Waals surface area contributed by atoms with Crippen molar-refractivity contribution < 1.29 is 14.3 Å². The van der Waals surface area contributed by atoms with E-state index in [9.17, 15) is 4.79 Å². The van der Waals surface area contributed by atoms with E-state index in [1.807, 2.05) is 12.1 Å². The summed E-state index contributed by atoms with van der Waals surface area (Å²) in [5.41, 5.74) is 1.22. The normalized spacial score (nSPS) is 32.5. The number of carbonyl (C=O) groups is 1. The molecule has 0 saturated heterocycles. The fourth-order valence-corrected chi connectivity index (χ4v) is 4.16. The smallest absolute Gasteiger partial charge is 0.309 e. The second kappa shape index (κ2) is 7.16. The minimum atomic E-state index is 0.0144. The maximum absolute atomic E-state index is 12.6. The van der Waals surface area contributed by atoms with Crippen molar-refractivity contribution in [1.29, 1.82) is 0 Å². The number of rotatable bonds is 5. The number of hydrogen-bond donors (Lipinski definition) is 0. The Morgan fingerprint density at radius 2 is 1.83 bits per heavy atom. The monoisotopic (exact) mass is 330 g/mol. The predicted octanol–water partition coefficient (Wildman–Crippen LogP) is 4.80. The molecule has 1 aromatic carbocycles. The highest BCUT2D eigenvalue weighted by atomic mass is 16.5. The van der Waals surface area contributed by atoms with Gasteiger partial charge in [-0.25, -0.2) is 0 Å². The first-order valence-corrected chi connectivity index (χ1v) is 9.34. The van der Waals surface area contributed by atoms with Gasteiger partial charge < -0.3 is 9.47 Å². The van der Waals surface area contributed by atoms with Crippen molar-refractivity contribution in [1.82, 2.24) is 0 Å². The summed E-state index contributed by atoms with van der Waals surface area (Å²) in [7, 11) is 1.67. The molecule has 0 spiro atoms. The first kappa shape index (κ1) is 17.3. The zero-order chi connectivity index (χ0) is 17.3. The number of ether oxygens (including phenoxy) is 2. The molecule has 2 aliphatic rings. The van der Waals surface area contributed by atoms with Crippen LogP contribution in [0.15, 0.2) is 24.3 Å². The third-order valence-corrected chi connectivity index (χ3v) is 5.87. The summed E-state index contributed by atoms with van der Waals surface area (Å²) >= 11 is 0. The maximum atomic E-state index is 12.6. The Morgan fingerprint density at radius 1 is 1.12 bits per heavy atom. The third-order valence-electron chi connectivity index (χ3n) is 5.87. The van der Waals surface area contributed by atoms with Crippen LogP contribution in [-0.2, 0) is 9.53 Å². The average Bonchev–Trinajstić information content (AvgIpc) is 3.35. The first-order chi connectivity index (χ1) is 11.5. The van der Waals surface area contributed by atoms with E-state index in [0.717, 1.165) is 18.6 Å². The Morgan fingerprint density at radius 3 is 2.46 bits per heavy atom. The van der Waals surface area contributed by atoms with Crippen LogP contribution in [0, 0.1) is 23.7 Å². The maximum Gasteiger partial charge on any atom is 0.309 e. The summed E-state index contributed by atoms with van der Waals surface area (Å²) in [6.07, 6.45) is 4.49. The minimum Gasteiger partial charge on any atom is -0.497 e. The minimum absolute atomic E-state index is 0.0144. The highest BCUT2D eigenvalue weighted by Crippen LogP contribution is 2.49. The van der Waals surface area contributed by atoms with Crippen LogP contribution in [0.1, 0.15) is 57.9 Å². The van der Waals surface area contributed by atoms with E-state index >= 15 is 0 Å². The standard InChI is InChI=1S/C21H30O3/c1-13(2)17-10-5-14(3)11-20(17)24-21(22)19-12-18(19)15-6-8-16(23-4)9-7-15/h6-9,13-14,17-20H,5,10-12H2,1-4H3/t14-,17+,18-,19+,20-/m1/s1. The Bertz CT molecular complexity index is 563. The Balaban J connectivity index is 1.58. The molecule has 24 heavy (non-hydrogen) atoms. The summed E-state index contributed by atoms with van der Waals surface area (Å²) in [4.78, 5) is 12.6. The third kappa shape index (κ3) is 3.76. The molecule has 0 radical (unpaired) electrons. The summed E-state index contributed by atoms with van der Waals surface area (Å²) in [5, 5.41) is 0. The lowest BCUT2D eigenvalue weighted by Crippen LogP contribution is -2.36. The number of carbonyl (C=O) groups excluding carboxylic acids is 1. The highest BCUT2D eigenvalue weighted by Gasteiger charge is 2.46. The van der Waals surface area contributed by atoms with Crippen molar-refractivity contribution in [2.75, 3.05) is 7.11 Å². The van der Waals surface area contributed by atoms with Crippen LogP contribution in [-0.4, -0.2) is 19.2 Å². The SMILES string of the molecule is COc1ccc([C@H]2C[C@@H]2C(=O)O[C@@H]2C[C@H](C)CC[C@H]2C(C)C)cc1. The molecule has 3 nitrogen and oxygen atoms in total. The summed E-state index contributed by atoms with van der Waals surface area (Å²) in [6.45, 7) is 6.77. The molecule has 0 bridgehead atoms. The number of methoxy groups -OCH3 is 1. The van der Waals surface area contributed by atoms with Crippen molar-refractivity contribution in [3.05, 3.63) is 29.8 Å². The van der Waals surface area contributed by atoms with Crippen molar-refractivity contribution in [2.45, 2.75) is 58.5 Å². The molecule has 0 unspecified atom stereocenters. The van der Waals surface area contributed by atoms with E-state index < -0.39 is 0 Å². The van der Waals surface area contributed by atoms with Gasteiger partial charge in [-0.3, -0.25) is 4.79 Å². The Labute approximate surface area is 145 Å². The molecule has 1 aromatic rings. The van der Waals surface area contributed by atoms with Gasteiger partial charge in [-0.05, 0) is 60.6 Å². The van der Waals surface area contributed by atoms with Crippen LogP contribution in [0.4, 0.5) is 0 Å². The summed E-state index contributed by atoms with van der Waals surface area (Å²) in [6, 6.07) is 8.06. The fraction of sp³-hybridized carbons (Fsp3) is 0.667. The van der Waals surface area contributed by atoms with Crippen molar-refractivity contribution >= 4 is 5.97 Å². The molecular formula is C21H30O3. The summed E-state index contributed by atoms with van der Waals surface area (Å²) < 4.78 is 11.2. The molecule has 2 fully saturated rings. The van der Waals surface area contributed by atoms with E-state index in [4.69, 9.17) is 9.47 Å². The zero-order valence-corrected chi connectivity index (χ0v) is 15.3. The predicted molar refractivity (Wildman–Crippen MR) is 95.1 cm³/mol. The number of hydrogen-bond acceptors (Lipinski definition) is 3.